The molecule has 1 N–H and O–H groups in total. The van der Waals surface area contributed by atoms with E-state index < -0.39 is 23.1 Å². The zero-order valence-electron chi connectivity index (χ0n) is 11.5. The van der Waals surface area contributed by atoms with Crippen molar-refractivity contribution in [2.24, 2.45) is 0 Å². The summed E-state index contributed by atoms with van der Waals surface area (Å²) in [6.45, 7) is 1.24. The predicted octanol–water partition coefficient (Wildman–Crippen LogP) is 3.18. The van der Waals surface area contributed by atoms with E-state index in [1.54, 1.807) is 0 Å². The van der Waals surface area contributed by atoms with Crippen LogP contribution in [0.2, 0.25) is 0 Å². The van der Waals surface area contributed by atoms with Gasteiger partial charge in [-0.1, -0.05) is 12.1 Å². The molecular formula is C14H17ClF3NO2. The van der Waals surface area contributed by atoms with Gasteiger partial charge in [0.05, 0.1) is 11.0 Å². The van der Waals surface area contributed by atoms with E-state index in [2.05, 4.69) is 0 Å². The summed E-state index contributed by atoms with van der Waals surface area (Å²) < 4.78 is 37.6. The molecule has 3 nitrogen and oxygen atoms in total. The molecule has 0 radical (unpaired) electrons. The van der Waals surface area contributed by atoms with E-state index in [1.807, 2.05) is 11.9 Å². The van der Waals surface area contributed by atoms with E-state index in [4.69, 9.17) is 0 Å². The molecule has 0 unspecified atom stereocenters. The molecule has 1 aromatic rings. The van der Waals surface area contributed by atoms with Crippen molar-refractivity contribution >= 4 is 18.4 Å². The molecule has 2 rings (SSSR count). The van der Waals surface area contributed by atoms with E-state index in [9.17, 15) is 23.1 Å². The molecule has 1 aliphatic rings. The topological polar surface area (TPSA) is 40.5 Å². The van der Waals surface area contributed by atoms with Crippen LogP contribution in [0.25, 0.3) is 0 Å². The van der Waals surface area contributed by atoms with Gasteiger partial charge in [0.15, 0.2) is 0 Å². The van der Waals surface area contributed by atoms with Gasteiger partial charge in [0.2, 0.25) is 0 Å². The second kappa shape index (κ2) is 6.23. The van der Waals surface area contributed by atoms with Gasteiger partial charge in [-0.15, -0.1) is 12.4 Å². The van der Waals surface area contributed by atoms with Gasteiger partial charge in [-0.05, 0) is 50.7 Å². The number of hydrogen-bond donors (Lipinski definition) is 1. The van der Waals surface area contributed by atoms with Crippen molar-refractivity contribution in [3.8, 4) is 0 Å². The third-order valence-corrected chi connectivity index (χ3v) is 4.01. The predicted molar refractivity (Wildman–Crippen MR) is 74.7 cm³/mol. The maximum absolute atomic E-state index is 12.5. The molecule has 1 heterocycles. The van der Waals surface area contributed by atoms with Crippen LogP contribution in [0.4, 0.5) is 13.2 Å². The van der Waals surface area contributed by atoms with E-state index in [0.717, 1.165) is 12.1 Å². The highest BCUT2D eigenvalue weighted by Gasteiger charge is 2.43. The Bertz CT molecular complexity index is 494. The first-order chi connectivity index (χ1) is 9.25. The van der Waals surface area contributed by atoms with Crippen molar-refractivity contribution in [1.82, 2.24) is 4.90 Å². The van der Waals surface area contributed by atoms with Crippen LogP contribution in [0.15, 0.2) is 24.3 Å². The van der Waals surface area contributed by atoms with Crippen LogP contribution in [0.3, 0.4) is 0 Å². The summed E-state index contributed by atoms with van der Waals surface area (Å²) in [5, 5.41) is 9.52. The van der Waals surface area contributed by atoms with Gasteiger partial charge in [0.1, 0.15) is 0 Å². The molecular weight excluding hydrogens is 307 g/mol. The number of nitrogens with zero attached hydrogens (tertiary/aromatic N) is 1. The molecule has 0 bridgehead atoms. The normalized spacial score (nSPS) is 18.9. The number of rotatable bonds is 2. The largest absolute Gasteiger partial charge is 0.481 e. The van der Waals surface area contributed by atoms with Gasteiger partial charge in [-0.25, -0.2) is 0 Å². The summed E-state index contributed by atoms with van der Waals surface area (Å²) in [5.74, 6) is -0.967. The number of likely N-dealkylation sites (tertiary alicyclic amines) is 1. The monoisotopic (exact) mass is 323 g/mol. The number of benzene rings is 1. The minimum Gasteiger partial charge on any atom is -0.481 e. The number of alkyl halides is 3. The molecule has 0 aliphatic carbocycles. The van der Waals surface area contributed by atoms with Crippen molar-refractivity contribution in [3.63, 3.8) is 0 Å². The number of piperidine rings is 1. The minimum atomic E-state index is -4.40. The van der Waals surface area contributed by atoms with Crippen LogP contribution >= 0.6 is 12.4 Å². The number of aliphatic carboxylic acids is 1. The molecule has 1 aliphatic heterocycles. The van der Waals surface area contributed by atoms with Gasteiger partial charge < -0.3 is 10.0 Å². The van der Waals surface area contributed by atoms with Gasteiger partial charge >= 0.3 is 12.1 Å². The first-order valence-corrected chi connectivity index (χ1v) is 6.35. The first kappa shape index (κ1) is 17.8. The van der Waals surface area contributed by atoms with Crippen LogP contribution in [0.1, 0.15) is 24.0 Å². The first-order valence-electron chi connectivity index (χ1n) is 6.35. The Balaban J connectivity index is 0.00000220. The Kier molecular flexibility index (Phi) is 5.28. The molecule has 7 heteroatoms. The van der Waals surface area contributed by atoms with Crippen molar-refractivity contribution in [2.75, 3.05) is 20.1 Å². The number of carboxylic acid groups (broad SMARTS) is 1. The Morgan fingerprint density at radius 2 is 1.67 bits per heavy atom. The standard InChI is InChI=1S/C14H16F3NO2.ClH/c1-18-8-6-13(7-9-18,12(19)20)10-2-4-11(5-3-10)14(15,16)17;/h2-5H,6-9H2,1H3,(H,19,20);1H. The van der Waals surface area contributed by atoms with Crippen LogP contribution in [0, 0.1) is 0 Å². The summed E-state index contributed by atoms with van der Waals surface area (Å²) >= 11 is 0. The third kappa shape index (κ3) is 3.49. The fourth-order valence-electron chi connectivity index (χ4n) is 2.60. The van der Waals surface area contributed by atoms with E-state index in [-0.39, 0.29) is 12.4 Å². The van der Waals surface area contributed by atoms with Gasteiger partial charge in [-0.2, -0.15) is 13.2 Å². The zero-order chi connectivity index (χ0) is 15.0. The lowest BCUT2D eigenvalue weighted by atomic mass is 9.72. The average molecular weight is 324 g/mol. The molecule has 0 aromatic heterocycles. The highest BCUT2D eigenvalue weighted by Crippen LogP contribution is 2.37. The Morgan fingerprint density at radius 1 is 1.19 bits per heavy atom. The second-order valence-corrected chi connectivity index (χ2v) is 5.27. The molecule has 1 saturated heterocycles. The molecule has 0 saturated carbocycles. The number of hydrogen-bond acceptors (Lipinski definition) is 2. The summed E-state index contributed by atoms with van der Waals surface area (Å²) in [4.78, 5) is 13.6. The van der Waals surface area contributed by atoms with E-state index in [0.29, 0.717) is 31.5 Å². The van der Waals surface area contributed by atoms with Crippen molar-refractivity contribution < 1.29 is 23.1 Å². The Morgan fingerprint density at radius 3 is 2.05 bits per heavy atom. The second-order valence-electron chi connectivity index (χ2n) is 5.27. The lowest BCUT2D eigenvalue weighted by Crippen LogP contribution is -2.46. The highest BCUT2D eigenvalue weighted by molar-refractivity contribution is 5.85. The quantitative estimate of drug-likeness (QED) is 0.909. The summed E-state index contributed by atoms with van der Waals surface area (Å²) in [6, 6.07) is 4.50. The number of carbonyl (C=O) groups is 1. The van der Waals surface area contributed by atoms with Gasteiger partial charge in [0.25, 0.3) is 0 Å². The Labute approximate surface area is 127 Å². The van der Waals surface area contributed by atoms with Crippen molar-refractivity contribution in [1.29, 1.82) is 0 Å². The van der Waals surface area contributed by atoms with Gasteiger partial charge in [0, 0.05) is 0 Å². The molecule has 0 atom stereocenters. The number of halogens is 4. The fourth-order valence-corrected chi connectivity index (χ4v) is 2.60. The summed E-state index contributed by atoms with van der Waals surface area (Å²) in [7, 11) is 1.90. The summed E-state index contributed by atoms with van der Waals surface area (Å²) in [6.07, 6.45) is -3.59. The fraction of sp³-hybridized carbons (Fsp3) is 0.500. The Hall–Kier alpha value is -1.27. The van der Waals surface area contributed by atoms with Crippen LogP contribution in [-0.2, 0) is 16.4 Å². The van der Waals surface area contributed by atoms with Gasteiger partial charge in [-0.3, -0.25) is 4.79 Å². The van der Waals surface area contributed by atoms with E-state index >= 15 is 0 Å². The highest BCUT2D eigenvalue weighted by atomic mass is 35.5. The maximum Gasteiger partial charge on any atom is 0.416 e. The van der Waals surface area contributed by atoms with Crippen LogP contribution < -0.4 is 0 Å². The maximum atomic E-state index is 12.5. The SMILES string of the molecule is CN1CCC(C(=O)O)(c2ccc(C(F)(F)F)cc2)CC1.Cl. The molecule has 118 valence electrons. The third-order valence-electron chi connectivity index (χ3n) is 4.01. The lowest BCUT2D eigenvalue weighted by Gasteiger charge is -2.37. The molecule has 1 aromatic carbocycles. The summed E-state index contributed by atoms with van der Waals surface area (Å²) in [5.41, 5.74) is -1.38. The molecule has 0 amide bonds. The van der Waals surface area contributed by atoms with Crippen LogP contribution in [0.5, 0.6) is 0 Å². The zero-order valence-corrected chi connectivity index (χ0v) is 12.3. The number of carboxylic acids is 1. The minimum absolute atomic E-state index is 0. The molecule has 1 fully saturated rings. The molecule has 0 spiro atoms. The lowest BCUT2D eigenvalue weighted by molar-refractivity contribution is -0.145. The van der Waals surface area contributed by atoms with Crippen molar-refractivity contribution in [2.45, 2.75) is 24.4 Å². The average Bonchev–Trinajstić information content (AvgIpc) is 2.39. The van der Waals surface area contributed by atoms with Crippen molar-refractivity contribution in [3.05, 3.63) is 35.4 Å². The smallest absolute Gasteiger partial charge is 0.416 e. The molecule has 21 heavy (non-hydrogen) atoms. The van der Waals surface area contributed by atoms with Crippen LogP contribution in [-0.4, -0.2) is 36.1 Å². The van der Waals surface area contributed by atoms with E-state index in [1.165, 1.54) is 12.1 Å².